The van der Waals surface area contributed by atoms with Gasteiger partial charge in [-0.15, -0.1) is 0 Å². The second-order valence-corrected chi connectivity index (χ2v) is 4.89. The molecule has 0 aliphatic heterocycles. The quantitative estimate of drug-likeness (QED) is 0.733. The van der Waals surface area contributed by atoms with Crippen molar-refractivity contribution < 1.29 is 4.79 Å². The lowest BCUT2D eigenvalue weighted by molar-refractivity contribution is -0.118. The molecule has 0 fully saturated rings. The van der Waals surface area contributed by atoms with Crippen molar-refractivity contribution in [2.45, 2.75) is 52.9 Å². The van der Waals surface area contributed by atoms with Crippen molar-refractivity contribution in [2.75, 3.05) is 0 Å². The first-order valence-corrected chi connectivity index (χ1v) is 7.19. The second kappa shape index (κ2) is 10.5. The minimum Gasteiger partial charge on any atom is -0.300 e. The first kappa shape index (κ1) is 16.4. The number of carbonyl (C=O) groups excluding carboxylic acids is 1. The molecule has 0 saturated heterocycles. The number of unbranched alkanes of at least 4 members (excludes halogenated alkanes) is 1. The normalized spacial score (nSPS) is 9.41. The van der Waals surface area contributed by atoms with Gasteiger partial charge in [-0.2, -0.15) is 0 Å². The molecule has 1 rings (SSSR count). The molecule has 96 valence electrons. The number of Topliss-reactive ketones (excluding diaryl/α,β-unsaturated/α-hetero) is 1. The smallest absolute Gasteiger partial charge is 0.132 e. The summed E-state index contributed by atoms with van der Waals surface area (Å²) >= 11 is 3.45. The van der Waals surface area contributed by atoms with Gasteiger partial charge in [-0.3, -0.25) is 4.79 Å². The maximum atomic E-state index is 10.2. The summed E-state index contributed by atoms with van der Waals surface area (Å²) in [7, 11) is 0. The molecule has 0 unspecified atom stereocenters. The van der Waals surface area contributed by atoms with Gasteiger partial charge in [0.1, 0.15) is 5.78 Å². The van der Waals surface area contributed by atoms with Crippen molar-refractivity contribution in [3.8, 4) is 0 Å². The van der Waals surface area contributed by atoms with Crippen LogP contribution in [0.1, 0.15) is 52.0 Å². The lowest BCUT2D eigenvalue weighted by Crippen LogP contribution is -1.88. The molecule has 0 aromatic heterocycles. The third-order valence-corrected chi connectivity index (χ3v) is 2.99. The third kappa shape index (κ3) is 9.11. The Morgan fingerprint density at radius 1 is 1.18 bits per heavy atom. The molecule has 1 nitrogen and oxygen atoms in total. The fourth-order valence-corrected chi connectivity index (χ4v) is 1.77. The van der Waals surface area contributed by atoms with Crippen molar-refractivity contribution in [3.63, 3.8) is 0 Å². The number of halogens is 1. The van der Waals surface area contributed by atoms with E-state index in [0.717, 1.165) is 0 Å². The molecular weight excluding hydrogens is 276 g/mol. The molecule has 1 aromatic rings. The Balaban J connectivity index is 0.000000366. The molecule has 0 bridgehead atoms. The number of rotatable bonds is 5. The number of benzene rings is 1. The van der Waals surface area contributed by atoms with Crippen molar-refractivity contribution in [1.82, 2.24) is 0 Å². The highest BCUT2D eigenvalue weighted by Gasteiger charge is 1.91. The third-order valence-electron chi connectivity index (χ3n) is 2.50. The standard InChI is InChI=1S/C10H13Br.C5H10O/c1-2-3-5-9-6-4-7-10(11)8-9;1-3-5(6)4-2/h4,6-8H,2-3,5H2,1H3;3-4H2,1-2H3. The fraction of sp³-hybridized carbons (Fsp3) is 0.533. The van der Waals surface area contributed by atoms with E-state index >= 15 is 0 Å². The van der Waals surface area contributed by atoms with Crippen LogP contribution in [0.2, 0.25) is 0 Å². The Kier molecular flexibility index (Phi) is 10.1. The number of aryl methyl sites for hydroxylation is 1. The molecule has 0 heterocycles. The number of carbonyl (C=O) groups is 1. The van der Waals surface area contributed by atoms with Gasteiger partial charge in [-0.25, -0.2) is 0 Å². The Labute approximate surface area is 114 Å². The Morgan fingerprint density at radius 2 is 1.82 bits per heavy atom. The van der Waals surface area contributed by atoms with Gasteiger partial charge < -0.3 is 0 Å². The van der Waals surface area contributed by atoms with Crippen LogP contribution in [0.5, 0.6) is 0 Å². The molecule has 0 amide bonds. The van der Waals surface area contributed by atoms with E-state index in [1.54, 1.807) is 0 Å². The van der Waals surface area contributed by atoms with Crippen LogP contribution >= 0.6 is 15.9 Å². The number of hydrogen-bond acceptors (Lipinski definition) is 1. The van der Waals surface area contributed by atoms with Crippen LogP contribution in [-0.4, -0.2) is 5.78 Å². The maximum Gasteiger partial charge on any atom is 0.132 e. The highest BCUT2D eigenvalue weighted by molar-refractivity contribution is 9.10. The highest BCUT2D eigenvalue weighted by atomic mass is 79.9. The zero-order chi connectivity index (χ0) is 13.1. The van der Waals surface area contributed by atoms with Crippen LogP contribution in [0.25, 0.3) is 0 Å². The van der Waals surface area contributed by atoms with Crippen LogP contribution < -0.4 is 0 Å². The zero-order valence-corrected chi connectivity index (χ0v) is 12.7. The summed E-state index contributed by atoms with van der Waals surface area (Å²) in [6, 6.07) is 8.53. The average Bonchev–Trinajstić information content (AvgIpc) is 2.36. The average molecular weight is 299 g/mol. The summed E-state index contributed by atoms with van der Waals surface area (Å²) in [5, 5.41) is 0. The second-order valence-electron chi connectivity index (χ2n) is 3.98. The SMILES string of the molecule is CCC(=O)CC.CCCCc1cccc(Br)c1. The van der Waals surface area contributed by atoms with E-state index in [9.17, 15) is 4.79 Å². The predicted molar refractivity (Wildman–Crippen MR) is 78.3 cm³/mol. The van der Waals surface area contributed by atoms with Crippen molar-refractivity contribution >= 4 is 21.7 Å². The van der Waals surface area contributed by atoms with E-state index in [4.69, 9.17) is 0 Å². The van der Waals surface area contributed by atoms with E-state index in [1.807, 2.05) is 13.8 Å². The van der Waals surface area contributed by atoms with Gasteiger partial charge >= 0.3 is 0 Å². The first-order chi connectivity index (χ1) is 8.13. The summed E-state index contributed by atoms with van der Waals surface area (Å²) in [6.07, 6.45) is 5.14. The number of ketones is 1. The van der Waals surface area contributed by atoms with Crippen LogP contribution in [0.15, 0.2) is 28.7 Å². The van der Waals surface area contributed by atoms with Gasteiger partial charge in [0.15, 0.2) is 0 Å². The van der Waals surface area contributed by atoms with E-state index in [2.05, 4.69) is 47.1 Å². The van der Waals surface area contributed by atoms with Crippen LogP contribution in [0, 0.1) is 0 Å². The monoisotopic (exact) mass is 298 g/mol. The van der Waals surface area contributed by atoms with Crippen LogP contribution in [0.4, 0.5) is 0 Å². The van der Waals surface area contributed by atoms with Gasteiger partial charge in [0, 0.05) is 17.3 Å². The molecule has 0 spiro atoms. The molecule has 0 radical (unpaired) electrons. The van der Waals surface area contributed by atoms with Gasteiger partial charge in [0.2, 0.25) is 0 Å². The van der Waals surface area contributed by atoms with Gasteiger partial charge in [0.25, 0.3) is 0 Å². The predicted octanol–water partition coefficient (Wildman–Crippen LogP) is 5.17. The van der Waals surface area contributed by atoms with E-state index in [1.165, 1.54) is 29.3 Å². The molecular formula is C15H23BrO. The van der Waals surface area contributed by atoms with Gasteiger partial charge in [0.05, 0.1) is 0 Å². The van der Waals surface area contributed by atoms with Crippen molar-refractivity contribution in [1.29, 1.82) is 0 Å². The lowest BCUT2D eigenvalue weighted by Gasteiger charge is -1.98. The topological polar surface area (TPSA) is 17.1 Å². The highest BCUT2D eigenvalue weighted by Crippen LogP contribution is 2.13. The summed E-state index contributed by atoms with van der Waals surface area (Å²) in [6.45, 7) is 5.98. The fourth-order valence-electron chi connectivity index (χ4n) is 1.32. The molecule has 2 heteroatoms. The lowest BCUT2D eigenvalue weighted by atomic mass is 10.1. The molecule has 0 aliphatic rings. The van der Waals surface area contributed by atoms with E-state index in [0.29, 0.717) is 18.6 Å². The molecule has 0 atom stereocenters. The minimum absolute atomic E-state index is 0.343. The van der Waals surface area contributed by atoms with Gasteiger partial charge in [-0.1, -0.05) is 55.3 Å². The molecule has 1 aromatic carbocycles. The molecule has 0 N–H and O–H groups in total. The van der Waals surface area contributed by atoms with E-state index < -0.39 is 0 Å². The molecule has 0 aliphatic carbocycles. The summed E-state index contributed by atoms with van der Waals surface area (Å²) in [4.78, 5) is 10.2. The van der Waals surface area contributed by atoms with Gasteiger partial charge in [-0.05, 0) is 30.5 Å². The number of hydrogen-bond donors (Lipinski definition) is 0. The zero-order valence-electron chi connectivity index (χ0n) is 11.1. The summed E-state index contributed by atoms with van der Waals surface area (Å²) in [5.74, 6) is 0.343. The first-order valence-electron chi connectivity index (χ1n) is 6.40. The molecule has 0 saturated carbocycles. The summed E-state index contributed by atoms with van der Waals surface area (Å²) in [5.41, 5.74) is 1.43. The van der Waals surface area contributed by atoms with Crippen molar-refractivity contribution in [2.24, 2.45) is 0 Å². The van der Waals surface area contributed by atoms with Crippen LogP contribution in [-0.2, 0) is 11.2 Å². The molecule has 17 heavy (non-hydrogen) atoms. The Bertz CT molecular complexity index is 314. The Morgan fingerprint density at radius 3 is 2.24 bits per heavy atom. The minimum atomic E-state index is 0.343. The largest absolute Gasteiger partial charge is 0.300 e. The summed E-state index contributed by atoms with van der Waals surface area (Å²) < 4.78 is 1.19. The maximum absolute atomic E-state index is 10.2. The van der Waals surface area contributed by atoms with Crippen LogP contribution in [0.3, 0.4) is 0 Å². The Hall–Kier alpha value is -0.630. The van der Waals surface area contributed by atoms with E-state index in [-0.39, 0.29) is 0 Å². The van der Waals surface area contributed by atoms with Crippen molar-refractivity contribution in [3.05, 3.63) is 34.3 Å².